The van der Waals surface area contributed by atoms with Crippen LogP contribution in [0.3, 0.4) is 0 Å². The zero-order chi connectivity index (χ0) is 23.1. The number of hydrogen-bond acceptors (Lipinski definition) is 6. The number of fused-ring (bicyclic) bond motifs is 2. The number of primary amides is 1. The van der Waals surface area contributed by atoms with E-state index in [0.29, 0.717) is 17.1 Å². The molecule has 5 N–H and O–H groups in total. The van der Waals surface area contributed by atoms with Crippen molar-refractivity contribution in [1.29, 1.82) is 5.26 Å². The van der Waals surface area contributed by atoms with E-state index in [1.54, 1.807) is 36.4 Å². The van der Waals surface area contributed by atoms with Gasteiger partial charge in [-0.15, -0.1) is 0 Å². The van der Waals surface area contributed by atoms with Gasteiger partial charge in [-0.05, 0) is 25.1 Å². The molecular weight excluding hydrogens is 402 g/mol. The third-order valence-corrected chi connectivity index (χ3v) is 4.01. The van der Waals surface area contributed by atoms with Crippen molar-refractivity contribution in [3.05, 3.63) is 71.3 Å². The van der Waals surface area contributed by atoms with Crippen LogP contribution >= 0.6 is 0 Å². The van der Waals surface area contributed by atoms with Crippen LogP contribution in [0.25, 0.3) is 5.57 Å². The van der Waals surface area contributed by atoms with Crippen molar-refractivity contribution in [2.24, 2.45) is 5.73 Å². The molecule has 31 heavy (non-hydrogen) atoms. The maximum absolute atomic E-state index is 12.4. The second-order valence-electron chi connectivity index (χ2n) is 6.34. The van der Waals surface area contributed by atoms with Gasteiger partial charge in [0, 0.05) is 16.7 Å². The van der Waals surface area contributed by atoms with E-state index >= 15 is 0 Å². The number of carboxylic acids is 1. The highest BCUT2D eigenvalue weighted by Gasteiger charge is 2.29. The molecule has 0 aliphatic carbocycles. The van der Waals surface area contributed by atoms with E-state index in [0.717, 1.165) is 0 Å². The Morgan fingerprint density at radius 3 is 2.35 bits per heavy atom. The Morgan fingerprint density at radius 1 is 1.16 bits per heavy atom. The number of nitrogens with two attached hydrogens (primary N) is 1. The molecule has 0 bridgehead atoms. The fraction of sp³-hybridized carbons (Fsp3) is 0.0909. The van der Waals surface area contributed by atoms with E-state index in [1.165, 1.54) is 13.0 Å². The van der Waals surface area contributed by atoms with Gasteiger partial charge in [-0.2, -0.15) is 5.26 Å². The molecule has 1 aliphatic rings. The number of hydrogen-bond donors (Lipinski definition) is 4. The number of phenolic OH excluding ortho intramolecular Hbond substituents is 1. The summed E-state index contributed by atoms with van der Waals surface area (Å²) in [5.74, 6) is -1.78. The highest BCUT2D eigenvalue weighted by molar-refractivity contribution is 6.11. The number of carbonyl (C=O) groups is 3. The Morgan fingerprint density at radius 2 is 1.77 bits per heavy atom. The fourth-order valence-corrected chi connectivity index (χ4v) is 2.61. The smallest absolute Gasteiger partial charge is 0.330 e. The first-order valence-electron chi connectivity index (χ1n) is 8.86. The van der Waals surface area contributed by atoms with Crippen LogP contribution in [-0.2, 0) is 14.4 Å². The number of nitriles is 1. The molecule has 0 saturated carbocycles. The summed E-state index contributed by atoms with van der Waals surface area (Å²) in [6.45, 7) is 4.20. The molecule has 0 unspecified atom stereocenters. The van der Waals surface area contributed by atoms with Crippen LogP contribution in [0.4, 0.5) is 0 Å². The average Bonchev–Trinajstić information content (AvgIpc) is 2.72. The Hall–Kier alpha value is -4.58. The lowest BCUT2D eigenvalue weighted by atomic mass is 9.89. The second-order valence-corrected chi connectivity index (χ2v) is 6.34. The molecular formula is C22H19N3O6. The van der Waals surface area contributed by atoms with Gasteiger partial charge in [-0.25, -0.2) is 4.79 Å². The van der Waals surface area contributed by atoms with Crippen molar-refractivity contribution in [2.75, 3.05) is 6.54 Å². The lowest BCUT2D eigenvalue weighted by Gasteiger charge is -2.24. The first kappa shape index (κ1) is 22.7. The predicted octanol–water partition coefficient (Wildman–Crippen LogP) is 2.07. The SMILES string of the molecule is C=C(C)C(=O)O.N#CC(C(=O)NCC(N)=O)=C1c2ccccc2Oc2cccc(O)c21. The van der Waals surface area contributed by atoms with Crippen molar-refractivity contribution < 1.29 is 29.3 Å². The molecule has 9 heteroatoms. The Balaban J connectivity index is 0.000000501. The zero-order valence-electron chi connectivity index (χ0n) is 16.5. The highest BCUT2D eigenvalue weighted by atomic mass is 16.5. The summed E-state index contributed by atoms with van der Waals surface area (Å²) in [4.78, 5) is 32.9. The normalized spacial score (nSPS) is 12.4. The lowest BCUT2D eigenvalue weighted by molar-refractivity contribution is -0.132. The number of nitrogens with one attached hydrogen (secondary N) is 1. The van der Waals surface area contributed by atoms with Crippen molar-refractivity contribution in [3.63, 3.8) is 0 Å². The third-order valence-electron chi connectivity index (χ3n) is 4.01. The van der Waals surface area contributed by atoms with Gasteiger partial charge in [0.25, 0.3) is 5.91 Å². The van der Waals surface area contributed by atoms with Gasteiger partial charge < -0.3 is 26.0 Å². The number of aromatic hydroxyl groups is 1. The van der Waals surface area contributed by atoms with Gasteiger partial charge in [0.15, 0.2) is 0 Å². The van der Waals surface area contributed by atoms with Crippen LogP contribution in [-0.4, -0.2) is 34.5 Å². The molecule has 0 atom stereocenters. The van der Waals surface area contributed by atoms with E-state index in [2.05, 4.69) is 11.9 Å². The molecule has 158 valence electrons. The molecule has 0 aromatic heterocycles. The van der Waals surface area contributed by atoms with Crippen molar-refractivity contribution in [3.8, 4) is 23.3 Å². The third kappa shape index (κ3) is 5.27. The van der Waals surface area contributed by atoms with E-state index in [9.17, 15) is 24.8 Å². The van der Waals surface area contributed by atoms with E-state index in [-0.39, 0.29) is 28.0 Å². The maximum Gasteiger partial charge on any atom is 0.330 e. The first-order valence-corrected chi connectivity index (χ1v) is 8.86. The monoisotopic (exact) mass is 421 g/mol. The number of aliphatic carboxylic acids is 1. The zero-order valence-corrected chi connectivity index (χ0v) is 16.5. The standard InChI is InChI=1S/C18H13N3O4.C4H6O2/c19-8-11(18(24)21-9-15(20)23)16-10-4-1-2-6-13(10)25-14-7-3-5-12(22)17(14)16;1-3(2)4(5)6/h1-7,22H,9H2,(H2,20,23)(H,21,24);1H2,2H3,(H,5,6). The Labute approximate surface area is 177 Å². The summed E-state index contributed by atoms with van der Waals surface area (Å²) in [7, 11) is 0. The van der Waals surface area contributed by atoms with Crippen LogP contribution in [0.1, 0.15) is 18.1 Å². The summed E-state index contributed by atoms with van der Waals surface area (Å²) >= 11 is 0. The number of carbonyl (C=O) groups excluding carboxylic acids is 2. The minimum Gasteiger partial charge on any atom is -0.507 e. The van der Waals surface area contributed by atoms with Gasteiger partial charge >= 0.3 is 5.97 Å². The fourth-order valence-electron chi connectivity index (χ4n) is 2.61. The molecule has 9 nitrogen and oxygen atoms in total. The quantitative estimate of drug-likeness (QED) is 0.370. The minimum atomic E-state index is -0.935. The molecule has 2 aromatic carbocycles. The molecule has 0 fully saturated rings. The van der Waals surface area contributed by atoms with E-state index in [4.69, 9.17) is 15.6 Å². The first-order chi connectivity index (χ1) is 14.7. The van der Waals surface area contributed by atoms with Crippen LogP contribution in [0.15, 0.2) is 60.2 Å². The summed E-state index contributed by atoms with van der Waals surface area (Å²) in [5, 5.41) is 30.0. The number of ether oxygens (including phenoxy) is 1. The number of benzene rings is 2. The minimum absolute atomic E-state index is 0.127. The molecule has 2 aromatic rings. The molecule has 1 aliphatic heterocycles. The summed E-state index contributed by atoms with van der Waals surface area (Å²) in [5.41, 5.74) is 5.92. The number of para-hydroxylation sites is 1. The van der Waals surface area contributed by atoms with Gasteiger partial charge in [0.1, 0.15) is 28.9 Å². The molecule has 0 spiro atoms. The Kier molecular flexibility index (Phi) is 7.15. The van der Waals surface area contributed by atoms with Gasteiger partial charge in [0.05, 0.1) is 12.1 Å². The summed E-state index contributed by atoms with van der Waals surface area (Å²) in [6.07, 6.45) is 0. The van der Waals surface area contributed by atoms with Crippen LogP contribution < -0.4 is 15.8 Å². The maximum atomic E-state index is 12.4. The van der Waals surface area contributed by atoms with Gasteiger partial charge in [-0.3, -0.25) is 9.59 Å². The Bertz CT molecular complexity index is 1130. The van der Waals surface area contributed by atoms with Gasteiger partial charge in [0.2, 0.25) is 5.91 Å². The number of phenols is 1. The molecule has 0 saturated heterocycles. The highest BCUT2D eigenvalue weighted by Crippen LogP contribution is 2.48. The van der Waals surface area contributed by atoms with E-state index in [1.807, 2.05) is 6.07 Å². The summed E-state index contributed by atoms with van der Waals surface area (Å²) < 4.78 is 5.75. The number of carboxylic acid groups (broad SMARTS) is 1. The molecule has 1 heterocycles. The van der Waals surface area contributed by atoms with Gasteiger partial charge in [-0.1, -0.05) is 30.8 Å². The van der Waals surface area contributed by atoms with Crippen molar-refractivity contribution in [1.82, 2.24) is 5.32 Å². The van der Waals surface area contributed by atoms with Crippen molar-refractivity contribution >= 4 is 23.4 Å². The summed E-state index contributed by atoms with van der Waals surface area (Å²) in [6, 6.07) is 13.4. The molecule has 3 rings (SSSR count). The largest absolute Gasteiger partial charge is 0.507 e. The lowest BCUT2D eigenvalue weighted by Crippen LogP contribution is -2.34. The topological polar surface area (TPSA) is 163 Å². The average molecular weight is 421 g/mol. The molecule has 0 radical (unpaired) electrons. The number of rotatable bonds is 4. The van der Waals surface area contributed by atoms with Crippen LogP contribution in [0.2, 0.25) is 0 Å². The van der Waals surface area contributed by atoms with Crippen LogP contribution in [0, 0.1) is 11.3 Å². The molecule has 2 amide bonds. The number of amides is 2. The predicted molar refractivity (Wildman–Crippen MR) is 111 cm³/mol. The van der Waals surface area contributed by atoms with Crippen LogP contribution in [0.5, 0.6) is 17.2 Å². The second kappa shape index (κ2) is 9.76. The number of nitrogens with zero attached hydrogens (tertiary/aromatic N) is 1. The van der Waals surface area contributed by atoms with E-state index < -0.39 is 24.3 Å². The van der Waals surface area contributed by atoms with Crippen molar-refractivity contribution in [2.45, 2.75) is 6.92 Å².